The fourth-order valence-corrected chi connectivity index (χ4v) is 2.01. The van der Waals surface area contributed by atoms with E-state index in [9.17, 15) is 4.79 Å². The lowest BCUT2D eigenvalue weighted by Gasteiger charge is -2.08. The van der Waals surface area contributed by atoms with Crippen LogP contribution < -0.4 is 10.3 Å². The predicted octanol–water partition coefficient (Wildman–Crippen LogP) is 2.45. The van der Waals surface area contributed by atoms with E-state index in [2.05, 4.69) is 15.1 Å². The molecule has 0 saturated heterocycles. The first-order valence-electron chi connectivity index (χ1n) is 5.56. The number of ether oxygens (including phenoxy) is 1. The third-order valence-corrected chi connectivity index (χ3v) is 3.53. The molecule has 0 saturated carbocycles. The Labute approximate surface area is 129 Å². The maximum absolute atomic E-state index is 12.0. The topological polar surface area (TPSA) is 69.9 Å². The molecule has 0 aliphatic carbocycles. The summed E-state index contributed by atoms with van der Waals surface area (Å²) in [5.74, 6) is 0.637. The molecule has 0 aromatic carbocycles. The molecule has 0 unspecified atom stereocenters. The van der Waals surface area contributed by atoms with Crippen LogP contribution in [-0.2, 0) is 0 Å². The van der Waals surface area contributed by atoms with E-state index < -0.39 is 5.56 Å². The van der Waals surface area contributed by atoms with E-state index >= 15 is 0 Å². The van der Waals surface area contributed by atoms with Gasteiger partial charge in [0.15, 0.2) is 11.0 Å². The molecule has 2 rings (SSSR count). The number of aromatic nitrogens is 4. The molecular formula is C11H10Cl2N4O2S. The normalized spacial score (nSPS) is 10.6. The van der Waals surface area contributed by atoms with Crippen LogP contribution in [0.1, 0.15) is 6.92 Å². The average molecular weight is 333 g/mol. The van der Waals surface area contributed by atoms with E-state index in [0.717, 1.165) is 4.68 Å². The van der Waals surface area contributed by atoms with Crippen molar-refractivity contribution in [3.05, 3.63) is 32.7 Å². The van der Waals surface area contributed by atoms with Crippen molar-refractivity contribution in [2.24, 2.45) is 0 Å². The van der Waals surface area contributed by atoms with Gasteiger partial charge in [0.25, 0.3) is 5.56 Å². The number of nitrogens with zero attached hydrogens (tertiary/aromatic N) is 4. The summed E-state index contributed by atoms with van der Waals surface area (Å²) in [6.45, 7) is 2.29. The summed E-state index contributed by atoms with van der Waals surface area (Å²) in [7, 11) is 0. The Kier molecular flexibility index (Phi) is 4.85. The molecular weight excluding hydrogens is 323 g/mol. The van der Waals surface area contributed by atoms with Crippen LogP contribution in [0.4, 0.5) is 0 Å². The van der Waals surface area contributed by atoms with Crippen LogP contribution in [0, 0.1) is 0 Å². The maximum atomic E-state index is 12.0. The maximum Gasteiger partial charge on any atom is 0.293 e. The molecule has 20 heavy (non-hydrogen) atoms. The zero-order valence-electron chi connectivity index (χ0n) is 10.6. The van der Waals surface area contributed by atoms with Crippen LogP contribution in [0.2, 0.25) is 10.0 Å². The molecule has 0 bridgehead atoms. The zero-order chi connectivity index (χ0) is 14.7. The lowest BCUT2D eigenvalue weighted by atomic mass is 10.5. The van der Waals surface area contributed by atoms with Crippen LogP contribution >= 0.6 is 35.0 Å². The van der Waals surface area contributed by atoms with Crippen LogP contribution in [0.3, 0.4) is 0 Å². The molecule has 0 N–H and O–H groups in total. The molecule has 0 aliphatic heterocycles. The molecule has 9 heteroatoms. The van der Waals surface area contributed by atoms with Gasteiger partial charge in [-0.2, -0.15) is 14.8 Å². The number of hydrogen-bond donors (Lipinski definition) is 0. The van der Waals surface area contributed by atoms with Crippen molar-refractivity contribution in [3.63, 3.8) is 0 Å². The quantitative estimate of drug-likeness (QED) is 0.632. The molecule has 0 atom stereocenters. The Morgan fingerprint density at radius 3 is 2.80 bits per heavy atom. The van der Waals surface area contributed by atoms with Crippen molar-refractivity contribution >= 4 is 35.0 Å². The molecule has 0 aliphatic rings. The lowest BCUT2D eigenvalue weighted by molar-refractivity contribution is 0.322. The van der Waals surface area contributed by atoms with Crippen molar-refractivity contribution in [2.45, 2.75) is 12.1 Å². The summed E-state index contributed by atoms with van der Waals surface area (Å²) < 4.78 is 6.39. The number of thioether (sulfide) groups is 1. The van der Waals surface area contributed by atoms with Gasteiger partial charge in [0.1, 0.15) is 5.02 Å². The van der Waals surface area contributed by atoms with Crippen molar-refractivity contribution in [2.75, 3.05) is 12.9 Å². The molecule has 0 spiro atoms. The van der Waals surface area contributed by atoms with Gasteiger partial charge in [-0.25, -0.2) is 4.98 Å². The molecule has 0 radical (unpaired) electrons. The van der Waals surface area contributed by atoms with E-state index in [4.69, 9.17) is 27.9 Å². The van der Waals surface area contributed by atoms with Crippen molar-refractivity contribution in [3.8, 4) is 11.7 Å². The molecule has 2 aromatic heterocycles. The van der Waals surface area contributed by atoms with Crippen LogP contribution in [0.25, 0.3) is 5.82 Å². The highest BCUT2D eigenvalue weighted by molar-refractivity contribution is 7.98. The summed E-state index contributed by atoms with van der Waals surface area (Å²) in [6.07, 6.45) is 3.10. The Bertz CT molecular complexity index is 693. The summed E-state index contributed by atoms with van der Waals surface area (Å²) in [4.78, 5) is 20.4. The van der Waals surface area contributed by atoms with Crippen molar-refractivity contribution in [1.82, 2.24) is 19.7 Å². The highest BCUT2D eigenvalue weighted by Crippen LogP contribution is 2.19. The monoisotopic (exact) mass is 332 g/mol. The molecule has 106 valence electrons. The van der Waals surface area contributed by atoms with Crippen LogP contribution in [0.15, 0.2) is 22.2 Å². The second-order valence-electron chi connectivity index (χ2n) is 3.51. The van der Waals surface area contributed by atoms with Gasteiger partial charge in [0.05, 0.1) is 17.8 Å². The average Bonchev–Trinajstić information content (AvgIpc) is 2.45. The molecule has 2 aromatic rings. The van der Waals surface area contributed by atoms with Crippen LogP contribution in [0.5, 0.6) is 5.88 Å². The van der Waals surface area contributed by atoms with E-state index in [-0.39, 0.29) is 15.9 Å². The standard InChI is InChI=1S/C11H10Cl2N4O2S/c1-3-19-8-4-7(15-11(16-8)20-2)17-10(18)9(13)6(12)5-14-17/h4-5H,3H2,1-2H3. The van der Waals surface area contributed by atoms with E-state index in [1.165, 1.54) is 24.0 Å². The molecule has 2 heterocycles. The lowest BCUT2D eigenvalue weighted by Crippen LogP contribution is -2.22. The van der Waals surface area contributed by atoms with Crippen molar-refractivity contribution in [1.29, 1.82) is 0 Å². The number of rotatable bonds is 4. The van der Waals surface area contributed by atoms with E-state index in [0.29, 0.717) is 17.6 Å². The molecule has 6 nitrogen and oxygen atoms in total. The zero-order valence-corrected chi connectivity index (χ0v) is 13.0. The minimum absolute atomic E-state index is 0.0945. The Morgan fingerprint density at radius 2 is 2.15 bits per heavy atom. The summed E-state index contributed by atoms with van der Waals surface area (Å²) in [6, 6.07) is 1.52. The van der Waals surface area contributed by atoms with Crippen molar-refractivity contribution < 1.29 is 4.74 Å². The van der Waals surface area contributed by atoms with Gasteiger partial charge < -0.3 is 4.74 Å². The van der Waals surface area contributed by atoms with Gasteiger partial charge in [-0.3, -0.25) is 4.79 Å². The fraction of sp³-hybridized carbons (Fsp3) is 0.273. The van der Waals surface area contributed by atoms with E-state index in [1.54, 1.807) is 0 Å². The van der Waals surface area contributed by atoms with Gasteiger partial charge in [-0.05, 0) is 13.2 Å². The fourth-order valence-electron chi connectivity index (χ4n) is 1.39. The first-order chi connectivity index (χ1) is 9.56. The second-order valence-corrected chi connectivity index (χ2v) is 5.07. The molecule has 0 fully saturated rings. The smallest absolute Gasteiger partial charge is 0.293 e. The first-order valence-corrected chi connectivity index (χ1v) is 7.54. The third kappa shape index (κ3) is 3.05. The Hall–Kier alpha value is -1.31. The van der Waals surface area contributed by atoms with Gasteiger partial charge in [0, 0.05) is 6.07 Å². The third-order valence-electron chi connectivity index (χ3n) is 2.24. The van der Waals surface area contributed by atoms with Gasteiger partial charge >= 0.3 is 0 Å². The Morgan fingerprint density at radius 1 is 1.40 bits per heavy atom. The van der Waals surface area contributed by atoms with Gasteiger partial charge in [-0.15, -0.1) is 0 Å². The van der Waals surface area contributed by atoms with E-state index in [1.807, 2.05) is 13.2 Å². The first kappa shape index (κ1) is 15.1. The largest absolute Gasteiger partial charge is 0.478 e. The summed E-state index contributed by atoms with van der Waals surface area (Å²) >= 11 is 12.9. The minimum atomic E-state index is -0.549. The van der Waals surface area contributed by atoms with Crippen LogP contribution in [-0.4, -0.2) is 32.6 Å². The second kappa shape index (κ2) is 6.43. The van der Waals surface area contributed by atoms with Gasteiger partial charge in [-0.1, -0.05) is 35.0 Å². The minimum Gasteiger partial charge on any atom is -0.478 e. The summed E-state index contributed by atoms with van der Waals surface area (Å²) in [5, 5.41) is 4.37. The van der Waals surface area contributed by atoms with Gasteiger partial charge in [0.2, 0.25) is 5.88 Å². The SMILES string of the molecule is CCOc1cc(-n2ncc(Cl)c(Cl)c2=O)nc(SC)n1. The number of hydrogen-bond acceptors (Lipinski definition) is 6. The summed E-state index contributed by atoms with van der Waals surface area (Å²) in [5.41, 5.74) is -0.549. The molecule has 0 amide bonds. The highest BCUT2D eigenvalue weighted by atomic mass is 35.5. The highest BCUT2D eigenvalue weighted by Gasteiger charge is 2.13. The number of halogens is 2. The predicted molar refractivity (Wildman–Crippen MR) is 78.4 cm³/mol. The Balaban J connectivity index is 2.60.